The summed E-state index contributed by atoms with van der Waals surface area (Å²) in [6.45, 7) is 5.37. The van der Waals surface area contributed by atoms with Gasteiger partial charge in [0.2, 0.25) is 0 Å². The van der Waals surface area contributed by atoms with Crippen molar-refractivity contribution in [3.63, 3.8) is 0 Å². The fourth-order valence-corrected chi connectivity index (χ4v) is 5.89. The molecule has 0 aromatic carbocycles. The van der Waals surface area contributed by atoms with Gasteiger partial charge in [0, 0.05) is 6.61 Å². The van der Waals surface area contributed by atoms with Crippen LogP contribution in [0.25, 0.3) is 0 Å². The molecular formula is C28H48O3. The van der Waals surface area contributed by atoms with E-state index in [9.17, 15) is 4.79 Å². The zero-order chi connectivity index (χ0) is 21.9. The van der Waals surface area contributed by atoms with Gasteiger partial charge in [0.15, 0.2) is 0 Å². The highest BCUT2D eigenvalue weighted by atomic mass is 16.5. The normalized spacial score (nSPS) is 34.6. The fourth-order valence-electron chi connectivity index (χ4n) is 5.89. The van der Waals surface area contributed by atoms with Gasteiger partial charge in [-0.05, 0) is 101 Å². The zero-order valence-corrected chi connectivity index (χ0v) is 20.4. The lowest BCUT2D eigenvalue weighted by Gasteiger charge is -2.31. The van der Waals surface area contributed by atoms with E-state index in [1.54, 1.807) is 0 Å². The summed E-state index contributed by atoms with van der Waals surface area (Å²) in [4.78, 5) is 12.7. The zero-order valence-electron chi connectivity index (χ0n) is 20.4. The summed E-state index contributed by atoms with van der Waals surface area (Å²) in [5.74, 6) is 2.51. The molecule has 3 nitrogen and oxygen atoms in total. The molecule has 3 aliphatic carbocycles. The number of ether oxygens (including phenoxy) is 2. The molecule has 0 heterocycles. The van der Waals surface area contributed by atoms with Crippen LogP contribution in [0.3, 0.4) is 0 Å². The number of allylic oxidation sites excluding steroid dienone is 2. The highest BCUT2D eigenvalue weighted by Gasteiger charge is 2.30. The second kappa shape index (κ2) is 13.7. The molecule has 0 aliphatic heterocycles. The summed E-state index contributed by atoms with van der Waals surface area (Å²) in [6, 6.07) is 0. The molecule has 0 bridgehead atoms. The number of esters is 1. The molecule has 0 atom stereocenters. The number of unbranched alkanes of at least 4 members (excludes halogenated alkanes) is 1. The van der Waals surface area contributed by atoms with E-state index in [4.69, 9.17) is 9.47 Å². The van der Waals surface area contributed by atoms with Crippen LogP contribution in [0.1, 0.15) is 117 Å². The van der Waals surface area contributed by atoms with E-state index in [0.717, 1.165) is 63.4 Å². The molecule has 3 rings (SSSR count). The fraction of sp³-hybridized carbons (Fsp3) is 0.893. The average molecular weight is 433 g/mol. The van der Waals surface area contributed by atoms with Crippen LogP contribution in [0, 0.1) is 23.7 Å². The minimum Gasteiger partial charge on any atom is -0.462 e. The van der Waals surface area contributed by atoms with Crippen LogP contribution in [0.2, 0.25) is 0 Å². The third-order valence-corrected chi connectivity index (χ3v) is 8.08. The Bertz CT molecular complexity index is 518. The molecule has 178 valence electrons. The maximum absolute atomic E-state index is 12.7. The largest absolute Gasteiger partial charge is 0.462 e. The van der Waals surface area contributed by atoms with Gasteiger partial charge in [0.25, 0.3) is 0 Å². The van der Waals surface area contributed by atoms with Crippen molar-refractivity contribution in [2.24, 2.45) is 23.7 Å². The first-order chi connectivity index (χ1) is 15.2. The van der Waals surface area contributed by atoms with Gasteiger partial charge in [-0.15, -0.1) is 0 Å². The van der Waals surface area contributed by atoms with Gasteiger partial charge in [-0.1, -0.05) is 45.3 Å². The van der Waals surface area contributed by atoms with Crippen LogP contribution >= 0.6 is 0 Å². The van der Waals surface area contributed by atoms with Crippen molar-refractivity contribution in [3.8, 4) is 0 Å². The topological polar surface area (TPSA) is 35.5 Å². The van der Waals surface area contributed by atoms with E-state index in [-0.39, 0.29) is 18.0 Å². The van der Waals surface area contributed by atoms with Crippen molar-refractivity contribution in [2.45, 2.75) is 129 Å². The second-order valence-corrected chi connectivity index (χ2v) is 10.6. The SMILES string of the molecule is CCCCC1CCC(OC(=O)C2CCC(C=CC3CCC(OCCC)CC3)CC2)CC1. The Morgan fingerprint density at radius 2 is 1.32 bits per heavy atom. The van der Waals surface area contributed by atoms with E-state index in [1.807, 2.05) is 0 Å². The number of hydrogen-bond donors (Lipinski definition) is 0. The molecule has 0 N–H and O–H groups in total. The lowest BCUT2D eigenvalue weighted by molar-refractivity contribution is -0.157. The summed E-state index contributed by atoms with van der Waals surface area (Å²) in [7, 11) is 0. The van der Waals surface area contributed by atoms with Crippen molar-refractivity contribution >= 4 is 5.97 Å². The minimum atomic E-state index is 0.102. The number of hydrogen-bond acceptors (Lipinski definition) is 3. The third-order valence-electron chi connectivity index (χ3n) is 8.08. The smallest absolute Gasteiger partial charge is 0.309 e. The van der Waals surface area contributed by atoms with Crippen molar-refractivity contribution in [1.82, 2.24) is 0 Å². The van der Waals surface area contributed by atoms with Crippen LogP contribution < -0.4 is 0 Å². The van der Waals surface area contributed by atoms with Gasteiger partial charge in [-0.2, -0.15) is 0 Å². The van der Waals surface area contributed by atoms with E-state index >= 15 is 0 Å². The Morgan fingerprint density at radius 3 is 1.90 bits per heavy atom. The molecule has 0 aromatic rings. The van der Waals surface area contributed by atoms with Gasteiger partial charge in [0.1, 0.15) is 6.10 Å². The number of carbonyl (C=O) groups excluding carboxylic acids is 1. The predicted octanol–water partition coefficient (Wildman–Crippen LogP) is 7.63. The molecule has 0 radical (unpaired) electrons. The monoisotopic (exact) mass is 432 g/mol. The second-order valence-electron chi connectivity index (χ2n) is 10.6. The Labute approximate surface area is 191 Å². The quantitative estimate of drug-likeness (QED) is 0.263. The Kier molecular flexibility index (Phi) is 10.9. The molecule has 0 saturated heterocycles. The first-order valence-electron chi connectivity index (χ1n) is 13.7. The number of rotatable bonds is 10. The van der Waals surface area contributed by atoms with Crippen molar-refractivity contribution < 1.29 is 14.3 Å². The summed E-state index contributed by atoms with van der Waals surface area (Å²) in [5.41, 5.74) is 0. The van der Waals surface area contributed by atoms with Crippen LogP contribution in [-0.4, -0.2) is 24.8 Å². The first kappa shape index (κ1) is 24.8. The molecule has 3 fully saturated rings. The third kappa shape index (κ3) is 8.56. The molecule has 31 heavy (non-hydrogen) atoms. The standard InChI is InChI=1S/C28H48O3/c1-3-5-6-22-13-19-27(20-14-22)31-28(29)25-15-9-23(10-16-25)7-8-24-11-17-26(18-12-24)30-21-4-2/h7-8,22-27H,3-6,9-21H2,1-2H3. The number of carbonyl (C=O) groups is 1. The van der Waals surface area contributed by atoms with E-state index in [1.165, 1.54) is 57.8 Å². The lowest BCUT2D eigenvalue weighted by atomic mass is 9.80. The molecule has 3 aliphatic rings. The maximum Gasteiger partial charge on any atom is 0.309 e. The van der Waals surface area contributed by atoms with Gasteiger partial charge < -0.3 is 9.47 Å². The van der Waals surface area contributed by atoms with Gasteiger partial charge in [-0.3, -0.25) is 4.79 Å². The molecular weight excluding hydrogens is 384 g/mol. The molecule has 0 aromatic heterocycles. The van der Waals surface area contributed by atoms with E-state index < -0.39 is 0 Å². The van der Waals surface area contributed by atoms with Crippen LogP contribution in [0.5, 0.6) is 0 Å². The molecule has 3 saturated carbocycles. The molecule has 0 spiro atoms. The van der Waals surface area contributed by atoms with Gasteiger partial charge in [0.05, 0.1) is 12.0 Å². The Morgan fingerprint density at radius 1 is 0.742 bits per heavy atom. The van der Waals surface area contributed by atoms with Crippen molar-refractivity contribution in [2.75, 3.05) is 6.61 Å². The Hall–Kier alpha value is -0.830. The van der Waals surface area contributed by atoms with Crippen molar-refractivity contribution in [1.29, 1.82) is 0 Å². The summed E-state index contributed by atoms with van der Waals surface area (Å²) in [5, 5.41) is 0. The minimum absolute atomic E-state index is 0.102. The van der Waals surface area contributed by atoms with E-state index in [2.05, 4.69) is 26.0 Å². The van der Waals surface area contributed by atoms with Crippen LogP contribution in [0.4, 0.5) is 0 Å². The average Bonchev–Trinajstić information content (AvgIpc) is 2.82. The highest BCUT2D eigenvalue weighted by Crippen LogP contribution is 2.34. The van der Waals surface area contributed by atoms with Crippen molar-refractivity contribution in [3.05, 3.63) is 12.2 Å². The van der Waals surface area contributed by atoms with Gasteiger partial charge in [-0.25, -0.2) is 0 Å². The Balaban J connectivity index is 1.29. The van der Waals surface area contributed by atoms with Gasteiger partial charge >= 0.3 is 5.97 Å². The van der Waals surface area contributed by atoms with Crippen LogP contribution in [0.15, 0.2) is 12.2 Å². The highest BCUT2D eigenvalue weighted by molar-refractivity contribution is 5.72. The predicted molar refractivity (Wildman–Crippen MR) is 128 cm³/mol. The molecule has 0 unspecified atom stereocenters. The van der Waals surface area contributed by atoms with E-state index in [0.29, 0.717) is 12.0 Å². The summed E-state index contributed by atoms with van der Waals surface area (Å²) < 4.78 is 11.9. The first-order valence-corrected chi connectivity index (χ1v) is 13.7. The summed E-state index contributed by atoms with van der Waals surface area (Å²) in [6.07, 6.45) is 24.7. The molecule has 3 heteroatoms. The maximum atomic E-state index is 12.7. The van der Waals surface area contributed by atoms with Crippen LogP contribution in [-0.2, 0) is 14.3 Å². The summed E-state index contributed by atoms with van der Waals surface area (Å²) >= 11 is 0. The molecule has 0 amide bonds. The lowest BCUT2D eigenvalue weighted by Crippen LogP contribution is -2.30.